The Morgan fingerprint density at radius 3 is 3.18 bits per heavy atom. The first-order valence-corrected chi connectivity index (χ1v) is 4.68. The van der Waals surface area contributed by atoms with Crippen LogP contribution in [0.2, 0.25) is 0 Å². The molecule has 1 aliphatic rings. The maximum atomic E-state index is 3.45. The van der Waals surface area contributed by atoms with Gasteiger partial charge in [0.05, 0.1) is 0 Å². The predicted molar refractivity (Wildman–Crippen MR) is 49.4 cm³/mol. The second kappa shape index (κ2) is 2.98. The van der Waals surface area contributed by atoms with Crippen LogP contribution in [0.1, 0.15) is 24.0 Å². The summed E-state index contributed by atoms with van der Waals surface area (Å²) in [6.07, 6.45) is 6.96. The minimum atomic E-state index is 1.11. The fourth-order valence-electron chi connectivity index (χ4n) is 1.43. The summed E-state index contributed by atoms with van der Waals surface area (Å²) in [6, 6.07) is 6.44. The van der Waals surface area contributed by atoms with Gasteiger partial charge >= 0.3 is 0 Å². The van der Waals surface area contributed by atoms with E-state index in [0.29, 0.717) is 0 Å². The molecule has 0 bridgehead atoms. The first kappa shape index (κ1) is 7.35. The summed E-state index contributed by atoms with van der Waals surface area (Å²) in [5.74, 6) is 0. The molecule has 0 saturated carbocycles. The second-order valence-corrected chi connectivity index (χ2v) is 3.75. The highest BCUT2D eigenvalue weighted by atomic mass is 79.9. The van der Waals surface area contributed by atoms with Crippen molar-refractivity contribution < 1.29 is 0 Å². The van der Waals surface area contributed by atoms with E-state index in [4.69, 9.17) is 0 Å². The molecule has 1 aromatic carbocycles. The summed E-state index contributed by atoms with van der Waals surface area (Å²) < 4.78 is 1.16. The van der Waals surface area contributed by atoms with Crippen LogP contribution < -0.4 is 0 Å². The maximum absolute atomic E-state index is 3.45. The lowest BCUT2D eigenvalue weighted by atomic mass is 9.92. The van der Waals surface area contributed by atoms with Crippen molar-refractivity contribution in [1.29, 1.82) is 0 Å². The fraction of sp³-hybridized carbons (Fsp3) is 0.300. The van der Waals surface area contributed by atoms with E-state index in [1.54, 1.807) is 0 Å². The van der Waals surface area contributed by atoms with Gasteiger partial charge in [-0.1, -0.05) is 22.0 Å². The van der Waals surface area contributed by atoms with Gasteiger partial charge in [0.1, 0.15) is 0 Å². The first-order chi connectivity index (χ1) is 5.36. The molecule has 0 atom stereocenters. The highest BCUT2D eigenvalue weighted by Crippen LogP contribution is 2.25. The van der Waals surface area contributed by atoms with E-state index in [0.717, 1.165) is 10.9 Å². The van der Waals surface area contributed by atoms with Crippen molar-refractivity contribution in [3.8, 4) is 0 Å². The lowest BCUT2D eigenvalue weighted by Gasteiger charge is -2.14. The van der Waals surface area contributed by atoms with Crippen LogP contribution in [0.3, 0.4) is 0 Å². The molecule has 0 aliphatic heterocycles. The van der Waals surface area contributed by atoms with Gasteiger partial charge in [0, 0.05) is 10.9 Å². The Morgan fingerprint density at radius 2 is 2.27 bits per heavy atom. The molecule has 11 heavy (non-hydrogen) atoms. The topological polar surface area (TPSA) is 0 Å². The monoisotopic (exact) mass is 208 g/mol. The molecule has 1 heteroatoms. The van der Waals surface area contributed by atoms with Crippen LogP contribution in [0, 0.1) is 6.42 Å². The molecule has 0 N–H and O–H groups in total. The van der Waals surface area contributed by atoms with E-state index in [2.05, 4.69) is 40.5 Å². The predicted octanol–water partition coefficient (Wildman–Crippen LogP) is 3.21. The van der Waals surface area contributed by atoms with Gasteiger partial charge in [-0.25, -0.2) is 0 Å². The minimum Gasteiger partial charge on any atom is -0.0576 e. The Kier molecular flexibility index (Phi) is 1.99. The third kappa shape index (κ3) is 1.48. The van der Waals surface area contributed by atoms with Crippen molar-refractivity contribution in [2.45, 2.75) is 19.3 Å². The van der Waals surface area contributed by atoms with Gasteiger partial charge < -0.3 is 0 Å². The smallest absolute Gasteiger partial charge is 0.0178 e. The van der Waals surface area contributed by atoms with E-state index < -0.39 is 0 Å². The first-order valence-electron chi connectivity index (χ1n) is 3.88. The van der Waals surface area contributed by atoms with Crippen LogP contribution in [-0.4, -0.2) is 0 Å². The van der Waals surface area contributed by atoms with Gasteiger partial charge in [-0.15, -0.1) is 0 Å². The molecule has 0 spiro atoms. The summed E-state index contributed by atoms with van der Waals surface area (Å²) in [6.45, 7) is 0. The highest BCUT2D eigenvalue weighted by Gasteiger charge is 2.08. The molecule has 2 rings (SSSR count). The number of hydrogen-bond donors (Lipinski definition) is 0. The zero-order chi connectivity index (χ0) is 7.68. The van der Waals surface area contributed by atoms with Crippen LogP contribution in [0.5, 0.6) is 0 Å². The van der Waals surface area contributed by atoms with Crippen molar-refractivity contribution in [3.05, 3.63) is 40.2 Å². The van der Waals surface area contributed by atoms with Crippen LogP contribution >= 0.6 is 15.9 Å². The normalized spacial score (nSPS) is 16.1. The second-order valence-electron chi connectivity index (χ2n) is 2.83. The van der Waals surface area contributed by atoms with E-state index in [-0.39, 0.29) is 0 Å². The molecule has 1 aromatic rings. The molecule has 0 fully saturated rings. The lowest BCUT2D eigenvalue weighted by Crippen LogP contribution is -1.99. The fourth-order valence-corrected chi connectivity index (χ4v) is 1.79. The van der Waals surface area contributed by atoms with Crippen molar-refractivity contribution in [3.63, 3.8) is 0 Å². The molecular formula is C10H9Br. The van der Waals surface area contributed by atoms with Crippen LogP contribution in [-0.2, 0) is 6.42 Å². The highest BCUT2D eigenvalue weighted by molar-refractivity contribution is 9.10. The molecule has 0 saturated heterocycles. The molecule has 0 nitrogen and oxygen atoms in total. The Balaban J connectivity index is 2.43. The SMILES string of the molecule is Brc1ccc2c(c1)[C]CCC2. The molecule has 2 radical (unpaired) electrons. The van der Waals surface area contributed by atoms with Gasteiger partial charge in [0.15, 0.2) is 0 Å². The average molecular weight is 209 g/mol. The quantitative estimate of drug-likeness (QED) is 0.615. The van der Waals surface area contributed by atoms with Crippen molar-refractivity contribution in [1.82, 2.24) is 0 Å². The zero-order valence-corrected chi connectivity index (χ0v) is 7.82. The van der Waals surface area contributed by atoms with Gasteiger partial charge in [-0.3, -0.25) is 0 Å². The average Bonchev–Trinajstić information content (AvgIpc) is 2.04. The van der Waals surface area contributed by atoms with Crippen molar-refractivity contribution >= 4 is 15.9 Å². The third-order valence-electron chi connectivity index (χ3n) is 2.01. The van der Waals surface area contributed by atoms with Gasteiger partial charge in [-0.05, 0) is 42.5 Å². The van der Waals surface area contributed by atoms with E-state index in [1.165, 1.54) is 24.0 Å². The van der Waals surface area contributed by atoms with Crippen LogP contribution in [0.4, 0.5) is 0 Å². The van der Waals surface area contributed by atoms with Crippen LogP contribution in [0.15, 0.2) is 22.7 Å². The minimum absolute atomic E-state index is 1.11. The summed E-state index contributed by atoms with van der Waals surface area (Å²) in [5, 5.41) is 0. The maximum Gasteiger partial charge on any atom is 0.0178 e. The zero-order valence-electron chi connectivity index (χ0n) is 6.23. The Hall–Kier alpha value is -0.300. The number of benzene rings is 1. The van der Waals surface area contributed by atoms with Crippen LogP contribution in [0.25, 0.3) is 0 Å². The number of aryl methyl sites for hydroxylation is 1. The van der Waals surface area contributed by atoms with E-state index >= 15 is 0 Å². The molecule has 0 aromatic heterocycles. The van der Waals surface area contributed by atoms with Crippen molar-refractivity contribution in [2.75, 3.05) is 0 Å². The third-order valence-corrected chi connectivity index (χ3v) is 2.50. The molecule has 0 amide bonds. The number of fused-ring (bicyclic) bond motifs is 1. The largest absolute Gasteiger partial charge is 0.0576 e. The summed E-state index contributed by atoms with van der Waals surface area (Å²) >= 11 is 3.45. The standard InChI is InChI=1S/C10H9Br/c11-10-6-5-8-3-1-2-4-9(8)7-10/h5-7H,1-3H2. The Labute approximate surface area is 75.8 Å². The van der Waals surface area contributed by atoms with Gasteiger partial charge in [-0.2, -0.15) is 0 Å². The molecular weight excluding hydrogens is 200 g/mol. The lowest BCUT2D eigenvalue weighted by molar-refractivity contribution is 0.775. The van der Waals surface area contributed by atoms with Gasteiger partial charge in [0.25, 0.3) is 0 Å². The van der Waals surface area contributed by atoms with E-state index in [9.17, 15) is 0 Å². The summed E-state index contributed by atoms with van der Waals surface area (Å²) in [4.78, 5) is 0. The number of hydrogen-bond acceptors (Lipinski definition) is 0. The van der Waals surface area contributed by atoms with Gasteiger partial charge in [0.2, 0.25) is 0 Å². The number of halogens is 1. The molecule has 56 valence electrons. The summed E-state index contributed by atoms with van der Waals surface area (Å²) in [5.41, 5.74) is 2.74. The number of rotatable bonds is 0. The Bertz CT molecular complexity index is 266. The van der Waals surface area contributed by atoms with Crippen molar-refractivity contribution in [2.24, 2.45) is 0 Å². The molecule has 0 unspecified atom stereocenters. The summed E-state index contributed by atoms with van der Waals surface area (Å²) in [7, 11) is 0. The molecule has 1 aliphatic carbocycles. The van der Waals surface area contributed by atoms with E-state index in [1.807, 2.05) is 0 Å². The Morgan fingerprint density at radius 1 is 1.36 bits per heavy atom. The molecule has 0 heterocycles.